The van der Waals surface area contributed by atoms with Gasteiger partial charge in [-0.05, 0) is 25.1 Å². The van der Waals surface area contributed by atoms with Gasteiger partial charge in [-0.15, -0.1) is 0 Å². The molecule has 0 spiro atoms. The van der Waals surface area contributed by atoms with Gasteiger partial charge in [0.1, 0.15) is 0 Å². The summed E-state index contributed by atoms with van der Waals surface area (Å²) >= 11 is 0. The van der Waals surface area contributed by atoms with Crippen LogP contribution >= 0.6 is 0 Å². The lowest BCUT2D eigenvalue weighted by atomic mass is 10.1. The van der Waals surface area contributed by atoms with Gasteiger partial charge in [-0.2, -0.15) is 0 Å². The number of benzene rings is 1. The Morgan fingerprint density at radius 2 is 1.77 bits per heavy atom. The summed E-state index contributed by atoms with van der Waals surface area (Å²) in [7, 11) is 0. The van der Waals surface area contributed by atoms with Gasteiger partial charge in [0.25, 0.3) is 5.91 Å². The van der Waals surface area contributed by atoms with Crippen LogP contribution in [-0.4, -0.2) is 23.2 Å². The molecule has 0 saturated carbocycles. The molecule has 0 bridgehead atoms. The lowest BCUT2D eigenvalue weighted by Crippen LogP contribution is -2.24. The molecule has 0 saturated heterocycles. The van der Waals surface area contributed by atoms with Crippen molar-refractivity contribution < 1.29 is 9.59 Å². The van der Waals surface area contributed by atoms with E-state index in [4.69, 9.17) is 0 Å². The topological polar surface area (TPSA) is 79.0 Å². The van der Waals surface area contributed by atoms with E-state index in [0.29, 0.717) is 11.1 Å². The van der Waals surface area contributed by atoms with Gasteiger partial charge in [-0.25, -0.2) is 0 Å². The number of hydrogen-bond acceptors (Lipinski definition) is 3. The Labute approximate surface area is 127 Å². The van der Waals surface area contributed by atoms with Crippen LogP contribution in [0, 0.1) is 11.8 Å². The maximum absolute atomic E-state index is 11.7. The summed E-state index contributed by atoms with van der Waals surface area (Å²) in [5, 5.41) is 2.63. The number of nitrogens with one attached hydrogen (secondary N) is 2. The molecule has 5 nitrogen and oxygen atoms in total. The van der Waals surface area contributed by atoms with Crippen molar-refractivity contribution in [1.82, 2.24) is 10.3 Å². The van der Waals surface area contributed by atoms with Crippen LogP contribution in [0.3, 0.4) is 0 Å². The quantitative estimate of drug-likeness (QED) is 0.662. The molecule has 1 aromatic carbocycles. The Bertz CT molecular complexity index is 788. The first-order chi connectivity index (χ1) is 10.6. The molecule has 1 aromatic heterocycles. The van der Waals surface area contributed by atoms with Crippen LogP contribution in [0.5, 0.6) is 0 Å². The molecule has 1 amide bonds. The number of carbonyl (C=O) groups excluding carboxylic acids is 2. The minimum atomic E-state index is -0.308. The summed E-state index contributed by atoms with van der Waals surface area (Å²) in [4.78, 5) is 36.2. The van der Waals surface area contributed by atoms with E-state index in [9.17, 15) is 14.4 Å². The van der Waals surface area contributed by atoms with Crippen molar-refractivity contribution >= 4 is 11.7 Å². The highest BCUT2D eigenvalue weighted by molar-refractivity contribution is 5.94. The van der Waals surface area contributed by atoms with Gasteiger partial charge < -0.3 is 10.3 Å². The molecule has 5 heteroatoms. The van der Waals surface area contributed by atoms with Gasteiger partial charge >= 0.3 is 0 Å². The van der Waals surface area contributed by atoms with E-state index >= 15 is 0 Å². The Hall–Kier alpha value is -3.13. The summed E-state index contributed by atoms with van der Waals surface area (Å²) in [5.41, 5.74) is 1.51. The maximum Gasteiger partial charge on any atom is 0.253 e. The summed E-state index contributed by atoms with van der Waals surface area (Å²) in [5.74, 6) is 5.42. The Balaban J connectivity index is 1.91. The van der Waals surface area contributed by atoms with E-state index in [-0.39, 0.29) is 23.8 Å². The molecule has 0 aliphatic rings. The molecule has 0 radical (unpaired) electrons. The van der Waals surface area contributed by atoms with Gasteiger partial charge in [0.2, 0.25) is 5.56 Å². The van der Waals surface area contributed by atoms with E-state index in [0.717, 1.165) is 5.56 Å². The number of carbonyl (C=O) groups is 2. The maximum atomic E-state index is 11.7. The average Bonchev–Trinajstić information content (AvgIpc) is 2.52. The van der Waals surface area contributed by atoms with Crippen LogP contribution in [-0.2, 0) is 0 Å². The van der Waals surface area contributed by atoms with Gasteiger partial charge in [0.15, 0.2) is 5.78 Å². The summed E-state index contributed by atoms with van der Waals surface area (Å²) in [6.07, 6.45) is 1.35. The molecule has 1 heterocycles. The Kier molecular flexibility index (Phi) is 4.89. The minimum Gasteiger partial charge on any atom is -0.341 e. The molecule has 2 aromatic rings. The number of rotatable bonds is 3. The van der Waals surface area contributed by atoms with Gasteiger partial charge in [-0.1, -0.05) is 24.0 Å². The predicted octanol–water partition coefficient (Wildman–Crippen LogP) is 1.36. The third-order valence-corrected chi connectivity index (χ3v) is 2.91. The van der Waals surface area contributed by atoms with E-state index in [1.807, 2.05) is 0 Å². The van der Waals surface area contributed by atoms with Crippen molar-refractivity contribution in [2.24, 2.45) is 0 Å². The molecule has 0 aliphatic heterocycles. The number of H-pyrrole nitrogens is 1. The van der Waals surface area contributed by atoms with E-state index in [1.54, 1.807) is 24.3 Å². The number of pyridine rings is 1. The number of amides is 1. The minimum absolute atomic E-state index is 0.00711. The second-order valence-electron chi connectivity index (χ2n) is 4.56. The molecule has 110 valence electrons. The number of Topliss-reactive ketones (excluding diaryl/α,β-unsaturated/α-hetero) is 1. The lowest BCUT2D eigenvalue weighted by molar-refractivity contribution is 0.0957. The molecule has 0 fully saturated rings. The SMILES string of the molecule is CC(=O)c1ccc(C#CCNC(=O)c2ccc(=O)[nH]c2)cc1. The number of ketones is 1. The third-order valence-electron chi connectivity index (χ3n) is 2.91. The normalized spacial score (nSPS) is 9.50. The van der Waals surface area contributed by atoms with Gasteiger partial charge in [0, 0.05) is 23.4 Å². The zero-order valence-corrected chi connectivity index (χ0v) is 12.0. The van der Waals surface area contributed by atoms with Crippen LogP contribution in [0.2, 0.25) is 0 Å². The average molecular weight is 294 g/mol. The molecular formula is C17H14N2O3. The molecule has 22 heavy (non-hydrogen) atoms. The monoisotopic (exact) mass is 294 g/mol. The summed E-state index contributed by atoms with van der Waals surface area (Å²) in [6, 6.07) is 9.68. The highest BCUT2D eigenvalue weighted by Crippen LogP contribution is 2.03. The molecule has 2 rings (SSSR count). The van der Waals surface area contributed by atoms with Crippen LogP contribution in [0.15, 0.2) is 47.4 Å². The van der Waals surface area contributed by atoms with Crippen molar-refractivity contribution in [3.63, 3.8) is 0 Å². The largest absolute Gasteiger partial charge is 0.341 e. The third kappa shape index (κ3) is 4.18. The van der Waals surface area contributed by atoms with Crippen LogP contribution in [0.1, 0.15) is 33.2 Å². The zero-order chi connectivity index (χ0) is 15.9. The zero-order valence-electron chi connectivity index (χ0n) is 12.0. The van der Waals surface area contributed by atoms with Crippen molar-refractivity contribution in [2.75, 3.05) is 6.54 Å². The van der Waals surface area contributed by atoms with E-state index in [2.05, 4.69) is 22.1 Å². The van der Waals surface area contributed by atoms with Gasteiger partial charge in [0.05, 0.1) is 12.1 Å². The fraction of sp³-hybridized carbons (Fsp3) is 0.118. The standard InChI is InChI=1S/C17H14N2O3/c1-12(20)14-6-4-13(5-7-14)3-2-10-18-17(22)15-8-9-16(21)19-11-15/h4-9,11H,10H2,1H3,(H,18,22)(H,19,21). The van der Waals surface area contributed by atoms with Crippen LogP contribution in [0.4, 0.5) is 0 Å². The fourth-order valence-electron chi connectivity index (χ4n) is 1.71. The predicted molar refractivity (Wildman–Crippen MR) is 82.7 cm³/mol. The molecular weight excluding hydrogens is 280 g/mol. The molecule has 0 unspecified atom stereocenters. The Morgan fingerprint density at radius 1 is 1.09 bits per heavy atom. The molecule has 0 aliphatic carbocycles. The van der Waals surface area contributed by atoms with Crippen LogP contribution < -0.4 is 10.9 Å². The summed E-state index contributed by atoms with van der Waals surface area (Å²) < 4.78 is 0. The fourth-order valence-corrected chi connectivity index (χ4v) is 1.71. The second kappa shape index (κ2) is 7.04. The van der Waals surface area contributed by atoms with Crippen molar-refractivity contribution in [3.8, 4) is 11.8 Å². The highest BCUT2D eigenvalue weighted by Gasteiger charge is 2.02. The number of aromatic amines is 1. The molecule has 0 atom stereocenters. The lowest BCUT2D eigenvalue weighted by Gasteiger charge is -2.00. The first-order valence-corrected chi connectivity index (χ1v) is 6.63. The van der Waals surface area contributed by atoms with Crippen molar-refractivity contribution in [3.05, 3.63) is 69.6 Å². The van der Waals surface area contributed by atoms with Crippen LogP contribution in [0.25, 0.3) is 0 Å². The van der Waals surface area contributed by atoms with Crippen molar-refractivity contribution in [1.29, 1.82) is 0 Å². The molecule has 2 N–H and O–H groups in total. The number of hydrogen-bond donors (Lipinski definition) is 2. The number of aromatic nitrogens is 1. The van der Waals surface area contributed by atoms with Crippen molar-refractivity contribution in [2.45, 2.75) is 6.92 Å². The summed E-state index contributed by atoms with van der Waals surface area (Å²) in [6.45, 7) is 1.69. The second-order valence-corrected chi connectivity index (χ2v) is 4.56. The van der Waals surface area contributed by atoms with Gasteiger partial charge in [-0.3, -0.25) is 14.4 Å². The Morgan fingerprint density at radius 3 is 2.36 bits per heavy atom. The first-order valence-electron chi connectivity index (χ1n) is 6.63. The van der Waals surface area contributed by atoms with E-state index in [1.165, 1.54) is 25.3 Å². The highest BCUT2D eigenvalue weighted by atomic mass is 16.2. The smallest absolute Gasteiger partial charge is 0.253 e. The van der Waals surface area contributed by atoms with E-state index < -0.39 is 0 Å². The first kappa shape index (κ1) is 15.3.